The van der Waals surface area contributed by atoms with Gasteiger partial charge in [0, 0.05) is 6.54 Å². The zero-order valence-electron chi connectivity index (χ0n) is 10.5. The van der Waals surface area contributed by atoms with E-state index in [-0.39, 0.29) is 13.0 Å². The number of nitriles is 1. The minimum Gasteiger partial charge on any atom is -0.319 e. The van der Waals surface area contributed by atoms with Crippen LogP contribution in [-0.4, -0.2) is 9.55 Å². The lowest BCUT2D eigenvalue weighted by Crippen LogP contribution is -2.15. The van der Waals surface area contributed by atoms with Crippen molar-refractivity contribution >= 4 is 11.0 Å². The Morgan fingerprint density at radius 2 is 1.89 bits per heavy atom. The van der Waals surface area contributed by atoms with E-state index >= 15 is 0 Å². The van der Waals surface area contributed by atoms with Gasteiger partial charge in [-0.1, -0.05) is 0 Å². The summed E-state index contributed by atoms with van der Waals surface area (Å²) in [7, 11) is 0. The third-order valence-corrected chi connectivity index (χ3v) is 3.06. The molecule has 0 saturated heterocycles. The lowest BCUT2D eigenvalue weighted by molar-refractivity contribution is -0.146. The molecule has 19 heavy (non-hydrogen) atoms. The van der Waals surface area contributed by atoms with Gasteiger partial charge in [0.2, 0.25) is 5.82 Å². The zero-order chi connectivity index (χ0) is 14.2. The van der Waals surface area contributed by atoms with Crippen molar-refractivity contribution in [3.05, 3.63) is 29.1 Å². The van der Waals surface area contributed by atoms with Gasteiger partial charge in [-0.2, -0.15) is 18.4 Å². The Hall–Kier alpha value is -2.03. The van der Waals surface area contributed by atoms with Gasteiger partial charge in [-0.25, -0.2) is 4.98 Å². The molecule has 0 aliphatic heterocycles. The lowest BCUT2D eigenvalue weighted by Gasteiger charge is -2.09. The maximum absolute atomic E-state index is 12.9. The van der Waals surface area contributed by atoms with Crippen LogP contribution in [0.1, 0.15) is 23.4 Å². The second kappa shape index (κ2) is 4.57. The number of halogens is 3. The molecule has 0 fully saturated rings. The van der Waals surface area contributed by atoms with Crippen LogP contribution in [0, 0.1) is 25.2 Å². The van der Waals surface area contributed by atoms with Crippen LogP contribution < -0.4 is 0 Å². The fourth-order valence-corrected chi connectivity index (χ4v) is 1.98. The Balaban J connectivity index is 2.71. The van der Waals surface area contributed by atoms with E-state index in [2.05, 4.69) is 4.98 Å². The molecule has 1 aromatic carbocycles. The predicted molar refractivity (Wildman–Crippen MR) is 64.4 cm³/mol. The van der Waals surface area contributed by atoms with Crippen LogP contribution in [0.2, 0.25) is 0 Å². The molecule has 0 radical (unpaired) electrons. The van der Waals surface area contributed by atoms with Crippen LogP contribution >= 0.6 is 0 Å². The SMILES string of the molecule is Cc1cc2nc(C(F)(F)F)n(CCC#N)c2cc1C. The van der Waals surface area contributed by atoms with E-state index in [1.165, 1.54) is 0 Å². The first kappa shape index (κ1) is 13.4. The largest absolute Gasteiger partial charge is 0.449 e. The van der Waals surface area contributed by atoms with E-state index in [1.807, 2.05) is 19.9 Å². The molecule has 0 amide bonds. The van der Waals surface area contributed by atoms with E-state index in [0.29, 0.717) is 11.0 Å². The van der Waals surface area contributed by atoms with Crippen LogP contribution in [0.25, 0.3) is 11.0 Å². The van der Waals surface area contributed by atoms with Crippen molar-refractivity contribution in [1.29, 1.82) is 5.26 Å². The van der Waals surface area contributed by atoms with Gasteiger partial charge in [0.15, 0.2) is 0 Å². The molecule has 2 rings (SSSR count). The number of rotatable bonds is 2. The van der Waals surface area contributed by atoms with Crippen molar-refractivity contribution in [2.24, 2.45) is 0 Å². The highest BCUT2D eigenvalue weighted by atomic mass is 19.4. The quantitative estimate of drug-likeness (QED) is 0.834. The van der Waals surface area contributed by atoms with E-state index < -0.39 is 12.0 Å². The van der Waals surface area contributed by atoms with Gasteiger partial charge in [0.1, 0.15) is 0 Å². The summed E-state index contributed by atoms with van der Waals surface area (Å²) in [6.45, 7) is 3.66. The maximum atomic E-state index is 12.9. The Morgan fingerprint density at radius 1 is 1.26 bits per heavy atom. The average molecular weight is 267 g/mol. The maximum Gasteiger partial charge on any atom is 0.449 e. The molecule has 1 heterocycles. The van der Waals surface area contributed by atoms with Crippen molar-refractivity contribution < 1.29 is 13.2 Å². The van der Waals surface area contributed by atoms with Crippen LogP contribution in [0.3, 0.4) is 0 Å². The molecule has 0 bridgehead atoms. The second-order valence-corrected chi connectivity index (χ2v) is 4.42. The first-order valence-electron chi connectivity index (χ1n) is 5.76. The summed E-state index contributed by atoms with van der Waals surface area (Å²) in [4.78, 5) is 3.67. The fourth-order valence-electron chi connectivity index (χ4n) is 1.98. The van der Waals surface area contributed by atoms with Crippen molar-refractivity contribution in [3.63, 3.8) is 0 Å². The highest BCUT2D eigenvalue weighted by Crippen LogP contribution is 2.32. The molecule has 0 unspecified atom stereocenters. The smallest absolute Gasteiger partial charge is 0.319 e. The average Bonchev–Trinajstić information content (AvgIpc) is 2.65. The molecule has 0 atom stereocenters. The molecule has 0 aliphatic carbocycles. The van der Waals surface area contributed by atoms with Crippen LogP contribution in [-0.2, 0) is 12.7 Å². The van der Waals surface area contributed by atoms with Gasteiger partial charge in [-0.05, 0) is 37.1 Å². The number of imidazole rings is 1. The number of benzene rings is 1. The van der Waals surface area contributed by atoms with Gasteiger partial charge < -0.3 is 4.57 Å². The first-order valence-corrected chi connectivity index (χ1v) is 5.76. The number of aromatic nitrogens is 2. The van der Waals surface area contributed by atoms with Gasteiger partial charge in [-0.3, -0.25) is 0 Å². The number of hydrogen-bond acceptors (Lipinski definition) is 2. The minimum absolute atomic E-state index is 0.00958. The molecule has 0 saturated carbocycles. The second-order valence-electron chi connectivity index (χ2n) is 4.42. The molecular weight excluding hydrogens is 255 g/mol. The Kier molecular flexibility index (Phi) is 3.23. The van der Waals surface area contributed by atoms with Crippen LogP contribution in [0.15, 0.2) is 12.1 Å². The standard InChI is InChI=1S/C13H12F3N3/c1-8-6-10-11(7-9(8)2)19(5-3-4-17)12(18-10)13(14,15)16/h6-7H,3,5H2,1-2H3. The summed E-state index contributed by atoms with van der Waals surface area (Å²) < 4.78 is 39.9. The summed E-state index contributed by atoms with van der Waals surface area (Å²) in [6, 6.07) is 5.19. The first-order chi connectivity index (χ1) is 8.84. The summed E-state index contributed by atoms with van der Waals surface area (Å²) in [5, 5.41) is 8.56. The van der Waals surface area contributed by atoms with Crippen molar-refractivity contribution in [2.45, 2.75) is 33.0 Å². The molecule has 0 spiro atoms. The Morgan fingerprint density at radius 3 is 2.47 bits per heavy atom. The number of fused-ring (bicyclic) bond motifs is 1. The Bertz CT molecular complexity index is 662. The van der Waals surface area contributed by atoms with Crippen LogP contribution in [0.5, 0.6) is 0 Å². The van der Waals surface area contributed by atoms with Gasteiger partial charge >= 0.3 is 6.18 Å². The van der Waals surface area contributed by atoms with Crippen molar-refractivity contribution in [2.75, 3.05) is 0 Å². The van der Waals surface area contributed by atoms with E-state index in [1.54, 1.807) is 12.1 Å². The fraction of sp³-hybridized carbons (Fsp3) is 0.385. The summed E-state index contributed by atoms with van der Waals surface area (Å²) in [6.07, 6.45) is -4.50. The number of hydrogen-bond donors (Lipinski definition) is 0. The number of aryl methyl sites for hydroxylation is 3. The summed E-state index contributed by atoms with van der Waals surface area (Å²) in [5.74, 6) is -0.942. The molecule has 2 aromatic rings. The van der Waals surface area contributed by atoms with Gasteiger partial charge in [0.05, 0.1) is 23.5 Å². The molecule has 1 aromatic heterocycles. The third kappa shape index (κ3) is 2.41. The number of alkyl halides is 3. The molecule has 100 valence electrons. The molecule has 0 aliphatic rings. The molecule has 6 heteroatoms. The summed E-state index contributed by atoms with van der Waals surface area (Å²) >= 11 is 0. The summed E-state index contributed by atoms with van der Waals surface area (Å²) in [5.41, 5.74) is 2.53. The van der Waals surface area contributed by atoms with Crippen molar-refractivity contribution in [1.82, 2.24) is 9.55 Å². The predicted octanol–water partition coefficient (Wildman–Crippen LogP) is 3.59. The highest BCUT2D eigenvalue weighted by molar-refractivity contribution is 5.78. The van der Waals surface area contributed by atoms with E-state index in [0.717, 1.165) is 15.7 Å². The normalized spacial score (nSPS) is 11.8. The minimum atomic E-state index is -4.52. The number of nitrogens with zero attached hydrogens (tertiary/aromatic N) is 3. The zero-order valence-corrected chi connectivity index (χ0v) is 10.5. The van der Waals surface area contributed by atoms with Crippen molar-refractivity contribution in [3.8, 4) is 6.07 Å². The van der Waals surface area contributed by atoms with Gasteiger partial charge in [0.25, 0.3) is 0 Å². The monoisotopic (exact) mass is 267 g/mol. The lowest BCUT2D eigenvalue weighted by atomic mass is 10.1. The molecule has 0 N–H and O–H groups in total. The molecule has 3 nitrogen and oxygen atoms in total. The van der Waals surface area contributed by atoms with E-state index in [9.17, 15) is 13.2 Å². The Labute approximate surface area is 108 Å². The topological polar surface area (TPSA) is 41.6 Å². The highest BCUT2D eigenvalue weighted by Gasteiger charge is 2.37. The molecular formula is C13H12F3N3. The van der Waals surface area contributed by atoms with Gasteiger partial charge in [-0.15, -0.1) is 0 Å². The third-order valence-electron chi connectivity index (χ3n) is 3.06. The van der Waals surface area contributed by atoms with Crippen LogP contribution in [0.4, 0.5) is 13.2 Å². The van der Waals surface area contributed by atoms with E-state index in [4.69, 9.17) is 5.26 Å².